The molecule has 37 heavy (non-hydrogen) atoms. The first-order valence-electron chi connectivity index (χ1n) is 11.9. The first-order valence-corrected chi connectivity index (χ1v) is 14.3. The van der Waals surface area contributed by atoms with Gasteiger partial charge in [-0.25, -0.2) is 8.42 Å². The summed E-state index contributed by atoms with van der Waals surface area (Å²) >= 11 is 1.15. The van der Waals surface area contributed by atoms with Crippen LogP contribution in [0.25, 0.3) is 0 Å². The van der Waals surface area contributed by atoms with E-state index >= 15 is 0 Å². The average Bonchev–Trinajstić information content (AvgIpc) is 3.60. The predicted octanol–water partition coefficient (Wildman–Crippen LogP) is 4.52. The summed E-state index contributed by atoms with van der Waals surface area (Å²) in [6.45, 7) is 1.80. The van der Waals surface area contributed by atoms with Crippen LogP contribution in [0.15, 0.2) is 76.3 Å². The van der Waals surface area contributed by atoms with Crippen LogP contribution >= 0.6 is 11.3 Å². The Morgan fingerprint density at radius 3 is 2.27 bits per heavy atom. The fourth-order valence-corrected chi connectivity index (χ4v) is 7.72. The van der Waals surface area contributed by atoms with Gasteiger partial charge in [0.2, 0.25) is 5.91 Å². The van der Waals surface area contributed by atoms with Crippen molar-refractivity contribution < 1.29 is 26.4 Å². The maximum Gasteiger partial charge on any atom is 0.416 e. The standard InChI is InChI=1S/C26H26F3N3O3S2/c27-26(28,29)20-8-4-9-21(16-20)30-11-13-31(14-12-30)25(33)23-18-32(37(34,35)24-10-5-15-36-24)17-22(23)19-6-2-1-3-7-19/h1-10,15-16,22-23H,11-14,17-18H2/t22?,23-/m1/s1. The third-order valence-electron chi connectivity index (χ3n) is 7.05. The first kappa shape index (κ1) is 25.7. The topological polar surface area (TPSA) is 60.9 Å². The molecule has 1 unspecified atom stereocenters. The molecule has 196 valence electrons. The fraction of sp³-hybridized carbons (Fsp3) is 0.346. The summed E-state index contributed by atoms with van der Waals surface area (Å²) in [5, 5.41) is 1.71. The molecule has 6 nitrogen and oxygen atoms in total. The number of hydrogen-bond acceptors (Lipinski definition) is 5. The summed E-state index contributed by atoms with van der Waals surface area (Å²) < 4.78 is 67.6. The van der Waals surface area contributed by atoms with Gasteiger partial charge in [-0.2, -0.15) is 17.5 Å². The lowest BCUT2D eigenvalue weighted by Gasteiger charge is -2.38. The number of rotatable bonds is 5. The molecule has 1 aromatic heterocycles. The quantitative estimate of drug-likeness (QED) is 0.470. The Hall–Kier alpha value is -2.89. The zero-order valence-electron chi connectivity index (χ0n) is 19.8. The molecule has 2 atom stereocenters. The molecule has 5 rings (SSSR count). The van der Waals surface area contributed by atoms with E-state index in [1.807, 2.05) is 35.2 Å². The van der Waals surface area contributed by atoms with Crippen molar-refractivity contribution in [1.82, 2.24) is 9.21 Å². The van der Waals surface area contributed by atoms with Gasteiger partial charge in [0.25, 0.3) is 10.0 Å². The van der Waals surface area contributed by atoms with E-state index in [0.29, 0.717) is 31.9 Å². The Labute approximate surface area is 218 Å². The second kappa shape index (κ2) is 10.1. The number of halogens is 3. The number of carbonyl (C=O) groups is 1. The predicted molar refractivity (Wildman–Crippen MR) is 136 cm³/mol. The zero-order valence-corrected chi connectivity index (χ0v) is 21.5. The molecule has 0 spiro atoms. The number of sulfonamides is 1. The SMILES string of the molecule is O=C([C@@H]1CN(S(=O)(=O)c2cccs2)CC1c1ccccc1)N1CCN(c2cccc(C(F)(F)F)c2)CC1. The molecule has 2 aliphatic heterocycles. The maximum absolute atomic E-state index is 13.7. The van der Waals surface area contributed by atoms with Gasteiger partial charge in [-0.05, 0) is 35.2 Å². The van der Waals surface area contributed by atoms with Crippen LogP contribution in [0.2, 0.25) is 0 Å². The fourth-order valence-electron chi connectivity index (χ4n) is 5.09. The van der Waals surface area contributed by atoms with E-state index in [9.17, 15) is 26.4 Å². The van der Waals surface area contributed by atoms with Gasteiger partial charge in [0.1, 0.15) is 4.21 Å². The monoisotopic (exact) mass is 549 g/mol. The van der Waals surface area contributed by atoms with Crippen LogP contribution in [0.1, 0.15) is 17.0 Å². The second-order valence-corrected chi connectivity index (χ2v) is 12.4. The molecule has 11 heteroatoms. The number of benzene rings is 2. The molecule has 1 amide bonds. The highest BCUT2D eigenvalue weighted by Gasteiger charge is 2.45. The first-order chi connectivity index (χ1) is 17.6. The molecule has 0 N–H and O–H groups in total. The number of piperazine rings is 1. The molecular formula is C26H26F3N3O3S2. The molecule has 2 fully saturated rings. The summed E-state index contributed by atoms with van der Waals surface area (Å²) in [6, 6.07) is 17.9. The van der Waals surface area contributed by atoms with E-state index in [0.717, 1.165) is 29.0 Å². The minimum absolute atomic E-state index is 0.0898. The molecule has 2 aliphatic rings. The largest absolute Gasteiger partial charge is 0.416 e. The molecule has 0 bridgehead atoms. The van der Waals surface area contributed by atoms with Gasteiger partial charge in [0, 0.05) is 50.9 Å². The molecule has 2 saturated heterocycles. The van der Waals surface area contributed by atoms with E-state index in [2.05, 4.69) is 0 Å². The van der Waals surface area contributed by atoms with Gasteiger partial charge in [0.05, 0.1) is 11.5 Å². The van der Waals surface area contributed by atoms with Gasteiger partial charge < -0.3 is 9.80 Å². The molecule has 3 heterocycles. The number of anilines is 1. The Bertz CT molecular complexity index is 1340. The highest BCUT2D eigenvalue weighted by molar-refractivity contribution is 7.91. The smallest absolute Gasteiger partial charge is 0.368 e. The van der Waals surface area contributed by atoms with Crippen LogP contribution in [0.5, 0.6) is 0 Å². The van der Waals surface area contributed by atoms with Crippen LogP contribution in [0, 0.1) is 5.92 Å². The Morgan fingerprint density at radius 2 is 1.62 bits per heavy atom. The Morgan fingerprint density at radius 1 is 0.892 bits per heavy atom. The second-order valence-electron chi connectivity index (χ2n) is 9.24. The number of thiophene rings is 1. The van der Waals surface area contributed by atoms with Crippen molar-refractivity contribution in [3.05, 3.63) is 83.2 Å². The van der Waals surface area contributed by atoms with Gasteiger partial charge in [-0.15, -0.1) is 11.3 Å². The highest BCUT2D eigenvalue weighted by Crippen LogP contribution is 2.38. The average molecular weight is 550 g/mol. The minimum Gasteiger partial charge on any atom is -0.368 e. The lowest BCUT2D eigenvalue weighted by Crippen LogP contribution is -2.51. The number of hydrogen-bond donors (Lipinski definition) is 0. The van der Waals surface area contributed by atoms with Crippen LogP contribution in [0.3, 0.4) is 0 Å². The summed E-state index contributed by atoms with van der Waals surface area (Å²) in [7, 11) is -3.71. The summed E-state index contributed by atoms with van der Waals surface area (Å²) in [4.78, 5) is 17.3. The number of carbonyl (C=O) groups excluding carboxylic acids is 1. The lowest BCUT2D eigenvalue weighted by molar-refractivity contribution is -0.137. The van der Waals surface area contributed by atoms with Gasteiger partial charge >= 0.3 is 6.18 Å². The van der Waals surface area contributed by atoms with Crippen LogP contribution < -0.4 is 4.90 Å². The Balaban J connectivity index is 1.32. The van der Waals surface area contributed by atoms with Crippen molar-refractivity contribution in [2.45, 2.75) is 16.3 Å². The van der Waals surface area contributed by atoms with E-state index < -0.39 is 27.7 Å². The molecule has 0 aliphatic carbocycles. The van der Waals surface area contributed by atoms with Crippen LogP contribution in [-0.4, -0.2) is 62.8 Å². The molecule has 0 saturated carbocycles. The van der Waals surface area contributed by atoms with E-state index in [-0.39, 0.29) is 29.1 Å². The normalized spacial score (nSPS) is 21.4. The third kappa shape index (κ3) is 5.25. The van der Waals surface area contributed by atoms with Crippen molar-refractivity contribution in [2.75, 3.05) is 44.2 Å². The third-order valence-corrected chi connectivity index (χ3v) is 10.3. The van der Waals surface area contributed by atoms with Crippen LogP contribution in [0.4, 0.5) is 18.9 Å². The van der Waals surface area contributed by atoms with Crippen molar-refractivity contribution in [3.63, 3.8) is 0 Å². The molecule has 3 aromatic rings. The minimum atomic E-state index is -4.42. The van der Waals surface area contributed by atoms with E-state index in [1.54, 1.807) is 28.5 Å². The van der Waals surface area contributed by atoms with E-state index in [1.165, 1.54) is 10.4 Å². The molecular weight excluding hydrogens is 523 g/mol. The molecule has 2 aromatic carbocycles. The summed E-state index contributed by atoms with van der Waals surface area (Å²) in [5.41, 5.74) is 0.678. The van der Waals surface area contributed by atoms with E-state index in [4.69, 9.17) is 0 Å². The van der Waals surface area contributed by atoms with Crippen molar-refractivity contribution in [3.8, 4) is 0 Å². The summed E-state index contributed by atoms with van der Waals surface area (Å²) in [5.74, 6) is -0.955. The van der Waals surface area contributed by atoms with Crippen LogP contribution in [-0.2, 0) is 21.0 Å². The molecule has 0 radical (unpaired) electrons. The summed E-state index contributed by atoms with van der Waals surface area (Å²) in [6.07, 6.45) is -4.42. The number of alkyl halides is 3. The highest BCUT2D eigenvalue weighted by atomic mass is 32.2. The Kier molecular flexibility index (Phi) is 7.03. The van der Waals surface area contributed by atoms with Crippen molar-refractivity contribution >= 4 is 33.0 Å². The number of amides is 1. The maximum atomic E-state index is 13.7. The number of nitrogens with zero attached hydrogens (tertiary/aromatic N) is 3. The van der Waals surface area contributed by atoms with Crippen molar-refractivity contribution in [1.29, 1.82) is 0 Å². The van der Waals surface area contributed by atoms with Crippen molar-refractivity contribution in [2.24, 2.45) is 5.92 Å². The zero-order chi connectivity index (χ0) is 26.2. The van der Waals surface area contributed by atoms with Gasteiger partial charge in [-0.3, -0.25) is 4.79 Å². The lowest BCUT2D eigenvalue weighted by atomic mass is 9.88. The van der Waals surface area contributed by atoms with Gasteiger partial charge in [-0.1, -0.05) is 42.5 Å². The van der Waals surface area contributed by atoms with Gasteiger partial charge in [0.15, 0.2) is 0 Å².